The zero-order valence-electron chi connectivity index (χ0n) is 14.1. The normalized spacial score (nSPS) is 21.7. The Kier molecular flexibility index (Phi) is 6.30. The number of sulfonamides is 1. The van der Waals surface area contributed by atoms with Crippen LogP contribution in [0.2, 0.25) is 0 Å². The second-order valence-corrected chi connectivity index (χ2v) is 8.18. The van der Waals surface area contributed by atoms with Gasteiger partial charge in [-0.2, -0.15) is 17.5 Å². The van der Waals surface area contributed by atoms with Gasteiger partial charge in [0.2, 0.25) is 10.0 Å². The van der Waals surface area contributed by atoms with Crippen LogP contribution in [0.5, 0.6) is 0 Å². The van der Waals surface area contributed by atoms with E-state index in [-0.39, 0.29) is 17.0 Å². The molecule has 0 aromatic heterocycles. The minimum Gasteiger partial charge on any atom is -0.480 e. The second kappa shape index (κ2) is 7.93. The number of benzene rings is 1. The highest BCUT2D eigenvalue weighted by Gasteiger charge is 2.34. The molecular formula is C16H20F3NO5S. The number of alkyl halides is 3. The van der Waals surface area contributed by atoms with Crippen molar-refractivity contribution < 1.29 is 36.2 Å². The molecule has 6 nitrogen and oxygen atoms in total. The SMILES string of the molecule is CN([C@H]1CC[C@H](OCC(=O)O)CC1)S(=O)(=O)c1ccc(C(F)(F)F)cc1. The lowest BCUT2D eigenvalue weighted by atomic mass is 9.93. The van der Waals surface area contributed by atoms with Gasteiger partial charge < -0.3 is 9.84 Å². The van der Waals surface area contributed by atoms with Gasteiger partial charge in [-0.05, 0) is 49.9 Å². The van der Waals surface area contributed by atoms with Gasteiger partial charge in [0.25, 0.3) is 0 Å². The van der Waals surface area contributed by atoms with Gasteiger partial charge in [0.05, 0.1) is 16.6 Å². The summed E-state index contributed by atoms with van der Waals surface area (Å²) < 4.78 is 69.5. The fourth-order valence-electron chi connectivity index (χ4n) is 2.94. The lowest BCUT2D eigenvalue weighted by Gasteiger charge is -2.33. The number of ether oxygens (including phenoxy) is 1. The molecule has 0 saturated heterocycles. The van der Waals surface area contributed by atoms with Crippen molar-refractivity contribution >= 4 is 16.0 Å². The summed E-state index contributed by atoms with van der Waals surface area (Å²) >= 11 is 0. The molecule has 1 aliphatic carbocycles. The van der Waals surface area contributed by atoms with Crippen molar-refractivity contribution in [2.75, 3.05) is 13.7 Å². The predicted molar refractivity (Wildman–Crippen MR) is 86.0 cm³/mol. The maximum atomic E-state index is 12.6. The third kappa shape index (κ3) is 4.95. The molecule has 0 bridgehead atoms. The highest BCUT2D eigenvalue weighted by molar-refractivity contribution is 7.89. The highest BCUT2D eigenvalue weighted by atomic mass is 32.2. The number of rotatable bonds is 6. The van der Waals surface area contributed by atoms with Crippen LogP contribution in [-0.2, 0) is 25.7 Å². The van der Waals surface area contributed by atoms with E-state index in [1.807, 2.05) is 0 Å². The molecule has 0 spiro atoms. The summed E-state index contributed by atoms with van der Waals surface area (Å²) in [5.74, 6) is -1.06. The second-order valence-electron chi connectivity index (χ2n) is 6.18. The van der Waals surface area contributed by atoms with Gasteiger partial charge in [-0.25, -0.2) is 13.2 Å². The molecule has 1 saturated carbocycles. The van der Waals surface area contributed by atoms with Crippen molar-refractivity contribution in [3.8, 4) is 0 Å². The van der Waals surface area contributed by atoms with Gasteiger partial charge in [-0.3, -0.25) is 0 Å². The molecule has 26 heavy (non-hydrogen) atoms. The number of aliphatic carboxylic acids is 1. The third-order valence-corrected chi connectivity index (χ3v) is 6.38. The maximum Gasteiger partial charge on any atom is 0.416 e. The molecule has 10 heteroatoms. The van der Waals surface area contributed by atoms with Crippen molar-refractivity contribution in [3.05, 3.63) is 29.8 Å². The molecule has 1 aliphatic rings. The van der Waals surface area contributed by atoms with E-state index < -0.39 is 34.3 Å². The summed E-state index contributed by atoms with van der Waals surface area (Å²) in [6.07, 6.45) is -2.75. The summed E-state index contributed by atoms with van der Waals surface area (Å²) in [7, 11) is -2.51. The van der Waals surface area contributed by atoms with E-state index >= 15 is 0 Å². The summed E-state index contributed by atoms with van der Waals surface area (Å²) in [4.78, 5) is 10.3. The first kappa shape index (κ1) is 20.7. The van der Waals surface area contributed by atoms with Crippen molar-refractivity contribution in [1.29, 1.82) is 0 Å². The van der Waals surface area contributed by atoms with Gasteiger partial charge in [0, 0.05) is 13.1 Å². The average Bonchev–Trinajstić information content (AvgIpc) is 2.59. The van der Waals surface area contributed by atoms with E-state index in [9.17, 15) is 26.4 Å². The van der Waals surface area contributed by atoms with Crippen molar-refractivity contribution in [1.82, 2.24) is 4.31 Å². The molecule has 146 valence electrons. The number of hydrogen-bond acceptors (Lipinski definition) is 4. The topological polar surface area (TPSA) is 83.9 Å². The zero-order valence-corrected chi connectivity index (χ0v) is 14.9. The van der Waals surface area contributed by atoms with E-state index in [2.05, 4.69) is 0 Å². The van der Waals surface area contributed by atoms with Gasteiger partial charge in [0.1, 0.15) is 6.61 Å². The Bertz CT molecular complexity index is 725. The molecule has 0 aliphatic heterocycles. The number of halogens is 3. The van der Waals surface area contributed by atoms with Crippen LogP contribution in [0, 0.1) is 0 Å². The van der Waals surface area contributed by atoms with Crippen LogP contribution in [-0.4, -0.2) is 49.6 Å². The molecule has 2 rings (SSSR count). The third-order valence-electron chi connectivity index (χ3n) is 4.46. The molecule has 0 heterocycles. The molecule has 1 fully saturated rings. The van der Waals surface area contributed by atoms with E-state index in [1.165, 1.54) is 11.4 Å². The molecule has 0 unspecified atom stereocenters. The lowest BCUT2D eigenvalue weighted by molar-refractivity contribution is -0.145. The predicted octanol–water partition coefficient (Wildman–Crippen LogP) is 2.74. The van der Waals surface area contributed by atoms with Crippen LogP contribution in [0.25, 0.3) is 0 Å². The minimum absolute atomic E-state index is 0.197. The summed E-state index contributed by atoms with van der Waals surface area (Å²) in [6.45, 7) is -0.394. The van der Waals surface area contributed by atoms with Gasteiger partial charge in [-0.15, -0.1) is 0 Å². The smallest absolute Gasteiger partial charge is 0.416 e. The number of carbonyl (C=O) groups is 1. The molecule has 0 amide bonds. The fraction of sp³-hybridized carbons (Fsp3) is 0.562. The summed E-state index contributed by atoms with van der Waals surface area (Å²) in [5.41, 5.74) is -0.907. The summed E-state index contributed by atoms with van der Waals surface area (Å²) in [5, 5.41) is 8.60. The van der Waals surface area contributed by atoms with Crippen molar-refractivity contribution in [3.63, 3.8) is 0 Å². The molecule has 0 radical (unpaired) electrons. The van der Waals surface area contributed by atoms with Gasteiger partial charge in [-0.1, -0.05) is 0 Å². The van der Waals surface area contributed by atoms with Crippen LogP contribution < -0.4 is 0 Å². The van der Waals surface area contributed by atoms with E-state index in [0.29, 0.717) is 25.7 Å². The molecule has 0 atom stereocenters. The Hall–Kier alpha value is -1.65. The Balaban J connectivity index is 2.02. The van der Waals surface area contributed by atoms with Crippen LogP contribution in [0.1, 0.15) is 31.2 Å². The van der Waals surface area contributed by atoms with E-state index in [4.69, 9.17) is 9.84 Å². The Morgan fingerprint density at radius 1 is 1.19 bits per heavy atom. The standard InChI is InChI=1S/C16H20F3NO5S/c1-20(12-4-6-13(7-5-12)25-10-15(21)22)26(23,24)14-8-2-11(3-9-14)16(17,18)19/h2-3,8-9,12-13H,4-7,10H2,1H3,(H,21,22)/t12-,13-. The van der Waals surface area contributed by atoms with Crippen LogP contribution in [0.15, 0.2) is 29.2 Å². The van der Waals surface area contributed by atoms with Crippen LogP contribution >= 0.6 is 0 Å². The Morgan fingerprint density at radius 3 is 2.19 bits per heavy atom. The Labute approximate surface area is 149 Å². The average molecular weight is 395 g/mol. The lowest BCUT2D eigenvalue weighted by Crippen LogP contribution is -2.40. The minimum atomic E-state index is -4.53. The van der Waals surface area contributed by atoms with E-state index in [0.717, 1.165) is 24.3 Å². The number of carboxylic acids is 1. The summed E-state index contributed by atoms with van der Waals surface area (Å²) in [6, 6.07) is 3.09. The van der Waals surface area contributed by atoms with E-state index in [1.54, 1.807) is 0 Å². The number of nitrogens with zero attached hydrogens (tertiary/aromatic N) is 1. The maximum absolute atomic E-state index is 12.6. The number of carboxylic acid groups (broad SMARTS) is 1. The number of hydrogen-bond donors (Lipinski definition) is 1. The Morgan fingerprint density at radius 2 is 1.73 bits per heavy atom. The van der Waals surface area contributed by atoms with Crippen LogP contribution in [0.3, 0.4) is 0 Å². The van der Waals surface area contributed by atoms with Crippen LogP contribution in [0.4, 0.5) is 13.2 Å². The molecule has 1 aromatic carbocycles. The molecule has 1 aromatic rings. The first-order chi connectivity index (χ1) is 12.0. The highest BCUT2D eigenvalue weighted by Crippen LogP contribution is 2.31. The monoisotopic (exact) mass is 395 g/mol. The van der Waals surface area contributed by atoms with Gasteiger partial charge in [0.15, 0.2) is 0 Å². The molecule has 1 N–H and O–H groups in total. The quantitative estimate of drug-likeness (QED) is 0.801. The first-order valence-electron chi connectivity index (χ1n) is 8.00. The molecular weight excluding hydrogens is 375 g/mol. The first-order valence-corrected chi connectivity index (χ1v) is 9.44. The largest absolute Gasteiger partial charge is 0.480 e. The van der Waals surface area contributed by atoms with Crippen molar-refractivity contribution in [2.24, 2.45) is 0 Å². The van der Waals surface area contributed by atoms with Gasteiger partial charge >= 0.3 is 12.1 Å². The fourth-order valence-corrected chi connectivity index (χ4v) is 4.36. The zero-order chi connectivity index (χ0) is 19.5. The van der Waals surface area contributed by atoms with Crippen molar-refractivity contribution in [2.45, 2.75) is 48.9 Å².